The molecule has 3 nitrogen and oxygen atoms in total. The topological polar surface area (TPSA) is 44.1 Å². The second-order valence-corrected chi connectivity index (χ2v) is 5.89. The number of ketones is 1. The molecule has 1 aromatic rings. The van der Waals surface area contributed by atoms with Crippen molar-refractivity contribution >= 4 is 11.5 Å². The van der Waals surface area contributed by atoms with Crippen LogP contribution in [0.15, 0.2) is 24.3 Å². The number of nitriles is 1. The van der Waals surface area contributed by atoms with Gasteiger partial charge in [-0.1, -0.05) is 0 Å². The summed E-state index contributed by atoms with van der Waals surface area (Å²) in [6, 6.07) is 10.2. The van der Waals surface area contributed by atoms with E-state index in [0.29, 0.717) is 0 Å². The Hall–Kier alpha value is -1.82. The van der Waals surface area contributed by atoms with Crippen LogP contribution in [0.3, 0.4) is 0 Å². The summed E-state index contributed by atoms with van der Waals surface area (Å²) < 4.78 is 0. The smallest absolute Gasteiger partial charge is 0.159 e. The van der Waals surface area contributed by atoms with Gasteiger partial charge in [-0.2, -0.15) is 5.26 Å². The minimum absolute atomic E-state index is 0.0175. The highest BCUT2D eigenvalue weighted by Gasteiger charge is 2.34. The van der Waals surface area contributed by atoms with E-state index in [-0.39, 0.29) is 17.2 Å². The molecule has 3 heteroatoms. The molecule has 0 aromatic heterocycles. The van der Waals surface area contributed by atoms with Crippen molar-refractivity contribution in [3.8, 4) is 6.07 Å². The first-order chi connectivity index (χ1) is 8.94. The summed E-state index contributed by atoms with van der Waals surface area (Å²) in [6.07, 6.45) is 1.80. The molecular weight excluding hydrogens is 236 g/mol. The molecule has 1 atom stereocenters. The lowest BCUT2D eigenvalue weighted by Gasteiger charge is -2.45. The number of nitrogens with zero attached hydrogens (tertiary/aromatic N) is 2. The normalized spacial score (nSPS) is 21.8. The summed E-state index contributed by atoms with van der Waals surface area (Å²) >= 11 is 0. The van der Waals surface area contributed by atoms with E-state index in [1.54, 1.807) is 6.92 Å². The van der Waals surface area contributed by atoms with E-state index < -0.39 is 0 Å². The Kier molecular flexibility index (Phi) is 3.61. The first kappa shape index (κ1) is 13.6. The third-order valence-electron chi connectivity index (χ3n) is 3.95. The van der Waals surface area contributed by atoms with Gasteiger partial charge in [0.05, 0.1) is 12.0 Å². The van der Waals surface area contributed by atoms with Gasteiger partial charge in [-0.3, -0.25) is 4.79 Å². The summed E-state index contributed by atoms with van der Waals surface area (Å²) in [5, 5.41) is 9.07. The van der Waals surface area contributed by atoms with Crippen LogP contribution < -0.4 is 4.90 Å². The molecular formula is C16H20N2O. The number of rotatable bonds is 2. The highest BCUT2D eigenvalue weighted by molar-refractivity contribution is 5.94. The molecule has 0 saturated carbocycles. The average Bonchev–Trinajstić information content (AvgIpc) is 2.37. The fourth-order valence-corrected chi connectivity index (χ4v) is 2.87. The predicted octanol–water partition coefficient (Wildman–Crippen LogP) is 3.41. The van der Waals surface area contributed by atoms with Gasteiger partial charge in [0, 0.05) is 23.3 Å². The van der Waals surface area contributed by atoms with Crippen molar-refractivity contribution in [2.24, 2.45) is 5.92 Å². The van der Waals surface area contributed by atoms with E-state index in [1.807, 2.05) is 24.3 Å². The van der Waals surface area contributed by atoms with Crippen molar-refractivity contribution < 1.29 is 4.79 Å². The Morgan fingerprint density at radius 3 is 2.47 bits per heavy atom. The molecule has 2 rings (SSSR count). The van der Waals surface area contributed by atoms with Gasteiger partial charge >= 0.3 is 0 Å². The fourth-order valence-electron chi connectivity index (χ4n) is 2.87. The number of carbonyl (C=O) groups is 1. The molecule has 0 bridgehead atoms. The average molecular weight is 256 g/mol. The summed E-state index contributed by atoms with van der Waals surface area (Å²) in [4.78, 5) is 13.6. The number of benzene rings is 1. The molecule has 0 aliphatic carbocycles. The molecule has 1 aromatic carbocycles. The molecule has 1 unspecified atom stereocenters. The molecule has 1 fully saturated rings. The van der Waals surface area contributed by atoms with Gasteiger partial charge in [0.1, 0.15) is 0 Å². The van der Waals surface area contributed by atoms with Crippen molar-refractivity contribution in [2.75, 3.05) is 11.4 Å². The van der Waals surface area contributed by atoms with Crippen LogP contribution in [0.5, 0.6) is 0 Å². The van der Waals surface area contributed by atoms with Crippen LogP contribution in [0, 0.1) is 17.2 Å². The fraction of sp³-hybridized carbons (Fsp3) is 0.500. The van der Waals surface area contributed by atoms with E-state index in [0.717, 1.165) is 30.6 Å². The molecule has 1 aliphatic heterocycles. The highest BCUT2D eigenvalue weighted by atomic mass is 16.1. The van der Waals surface area contributed by atoms with Gasteiger partial charge in [-0.15, -0.1) is 0 Å². The molecule has 100 valence electrons. The maximum absolute atomic E-state index is 11.3. The Morgan fingerprint density at radius 1 is 1.37 bits per heavy atom. The molecule has 19 heavy (non-hydrogen) atoms. The summed E-state index contributed by atoms with van der Waals surface area (Å²) in [6.45, 7) is 6.83. The van der Waals surface area contributed by atoms with Crippen LogP contribution in [0.2, 0.25) is 0 Å². The molecule has 1 aliphatic rings. The lowest BCUT2D eigenvalue weighted by molar-refractivity contribution is 0.101. The molecule has 0 radical (unpaired) electrons. The van der Waals surface area contributed by atoms with Gasteiger partial charge in [-0.05, 0) is 57.9 Å². The summed E-state index contributed by atoms with van der Waals surface area (Å²) in [5.41, 5.74) is 1.86. The van der Waals surface area contributed by atoms with E-state index in [4.69, 9.17) is 5.26 Å². The zero-order chi connectivity index (χ0) is 14.0. The van der Waals surface area contributed by atoms with Gasteiger partial charge < -0.3 is 4.90 Å². The van der Waals surface area contributed by atoms with E-state index in [2.05, 4.69) is 24.8 Å². The second kappa shape index (κ2) is 5.05. The standard InChI is InChI=1S/C16H20N2O/c1-12(19)14-4-6-15(7-5-14)18-9-8-13(11-17)10-16(18,2)3/h4-7,13H,8-10H2,1-3H3. The summed E-state index contributed by atoms with van der Waals surface area (Å²) in [7, 11) is 0. The minimum atomic E-state index is -0.0175. The number of hydrogen-bond donors (Lipinski definition) is 0. The molecule has 0 spiro atoms. The van der Waals surface area contributed by atoms with Gasteiger partial charge in [-0.25, -0.2) is 0 Å². The zero-order valence-corrected chi connectivity index (χ0v) is 11.8. The maximum atomic E-state index is 11.3. The van der Waals surface area contributed by atoms with E-state index in [1.165, 1.54) is 0 Å². The second-order valence-electron chi connectivity index (χ2n) is 5.89. The maximum Gasteiger partial charge on any atom is 0.159 e. The monoisotopic (exact) mass is 256 g/mol. The van der Waals surface area contributed by atoms with E-state index >= 15 is 0 Å². The Balaban J connectivity index is 2.22. The number of anilines is 1. The summed E-state index contributed by atoms with van der Waals surface area (Å²) in [5.74, 6) is 0.247. The van der Waals surface area contributed by atoms with Crippen molar-refractivity contribution in [1.82, 2.24) is 0 Å². The van der Waals surface area contributed by atoms with Gasteiger partial charge in [0.2, 0.25) is 0 Å². The van der Waals surface area contributed by atoms with Crippen molar-refractivity contribution in [3.05, 3.63) is 29.8 Å². The Labute approximate surface area is 114 Å². The van der Waals surface area contributed by atoms with Crippen molar-refractivity contribution in [3.63, 3.8) is 0 Å². The third-order valence-corrected chi connectivity index (χ3v) is 3.95. The highest BCUT2D eigenvalue weighted by Crippen LogP contribution is 2.35. The third kappa shape index (κ3) is 2.78. The number of hydrogen-bond acceptors (Lipinski definition) is 3. The molecule has 1 heterocycles. The van der Waals surface area contributed by atoms with Crippen LogP contribution in [0.1, 0.15) is 44.0 Å². The quantitative estimate of drug-likeness (QED) is 0.762. The number of piperidine rings is 1. The molecule has 1 saturated heterocycles. The van der Waals surface area contributed by atoms with Crippen LogP contribution in [-0.4, -0.2) is 17.9 Å². The number of carbonyl (C=O) groups excluding carboxylic acids is 1. The lowest BCUT2D eigenvalue weighted by atomic mass is 9.83. The first-order valence-electron chi connectivity index (χ1n) is 6.72. The molecule has 0 amide bonds. The first-order valence-corrected chi connectivity index (χ1v) is 6.72. The largest absolute Gasteiger partial charge is 0.366 e. The molecule has 0 N–H and O–H groups in total. The lowest BCUT2D eigenvalue weighted by Crippen LogP contribution is -2.50. The van der Waals surface area contributed by atoms with Gasteiger partial charge in [0.15, 0.2) is 5.78 Å². The Bertz CT molecular complexity index is 511. The number of Topliss-reactive ketones (excluding diaryl/α,β-unsaturated/α-hetero) is 1. The SMILES string of the molecule is CC(=O)c1ccc(N2CCC(C#N)CC2(C)C)cc1. The van der Waals surface area contributed by atoms with Gasteiger partial charge in [0.25, 0.3) is 0 Å². The van der Waals surface area contributed by atoms with Crippen LogP contribution >= 0.6 is 0 Å². The van der Waals surface area contributed by atoms with Crippen molar-refractivity contribution in [2.45, 2.75) is 39.2 Å². The van der Waals surface area contributed by atoms with Crippen LogP contribution in [0.25, 0.3) is 0 Å². The van der Waals surface area contributed by atoms with Crippen LogP contribution in [0.4, 0.5) is 5.69 Å². The Morgan fingerprint density at radius 2 is 2.00 bits per heavy atom. The zero-order valence-electron chi connectivity index (χ0n) is 11.8. The van der Waals surface area contributed by atoms with Crippen molar-refractivity contribution in [1.29, 1.82) is 5.26 Å². The predicted molar refractivity (Wildman–Crippen MR) is 76.2 cm³/mol. The van der Waals surface area contributed by atoms with Crippen LogP contribution in [-0.2, 0) is 0 Å². The minimum Gasteiger partial charge on any atom is -0.366 e. The van der Waals surface area contributed by atoms with E-state index in [9.17, 15) is 4.79 Å².